The van der Waals surface area contributed by atoms with Gasteiger partial charge in [-0.3, -0.25) is 14.2 Å². The summed E-state index contributed by atoms with van der Waals surface area (Å²) in [6.45, 7) is 2.15. The van der Waals surface area contributed by atoms with E-state index in [1.807, 2.05) is 11.4 Å². The number of aromatic nitrogens is 2. The lowest BCUT2D eigenvalue weighted by molar-refractivity contribution is 0.619. The molecular formula is C17H16FN3O2S. The van der Waals surface area contributed by atoms with Crippen molar-refractivity contribution < 1.29 is 4.39 Å². The van der Waals surface area contributed by atoms with Crippen LogP contribution >= 0.6 is 11.3 Å². The van der Waals surface area contributed by atoms with Crippen molar-refractivity contribution in [2.75, 3.05) is 0 Å². The number of nitrogens with two attached hydrogens (primary N) is 1. The Morgan fingerprint density at radius 2 is 2.17 bits per heavy atom. The third kappa shape index (κ3) is 2.23. The van der Waals surface area contributed by atoms with Crippen LogP contribution in [0.15, 0.2) is 27.2 Å². The fraction of sp³-hybridized carbons (Fsp3) is 0.294. The number of nitrogens with zero attached hydrogens (tertiary/aromatic N) is 1. The van der Waals surface area contributed by atoms with Crippen molar-refractivity contribution in [3.63, 3.8) is 0 Å². The molecule has 5 nitrogen and oxygen atoms in total. The number of aryl methyl sites for hydroxylation is 1. The molecular weight excluding hydrogens is 329 g/mol. The van der Waals surface area contributed by atoms with Gasteiger partial charge in [0, 0.05) is 22.5 Å². The van der Waals surface area contributed by atoms with Crippen LogP contribution in [-0.2, 0) is 6.54 Å². The maximum atomic E-state index is 14.7. The number of thiophene rings is 1. The summed E-state index contributed by atoms with van der Waals surface area (Å²) in [5, 5.41) is 1.89. The van der Waals surface area contributed by atoms with Gasteiger partial charge in [-0.25, -0.2) is 9.18 Å². The van der Waals surface area contributed by atoms with E-state index in [1.165, 1.54) is 21.9 Å². The quantitative estimate of drug-likeness (QED) is 0.765. The third-order valence-electron chi connectivity index (χ3n) is 4.51. The zero-order valence-electron chi connectivity index (χ0n) is 13.1. The topological polar surface area (TPSA) is 80.4 Å². The molecule has 0 atom stereocenters. The van der Waals surface area contributed by atoms with Crippen molar-refractivity contribution in [2.45, 2.75) is 32.2 Å². The number of rotatable bonds is 3. The number of pyridine rings is 1. The molecule has 24 heavy (non-hydrogen) atoms. The van der Waals surface area contributed by atoms with Crippen molar-refractivity contribution in [3.05, 3.63) is 61.0 Å². The normalized spacial score (nSPS) is 14.5. The average molecular weight is 345 g/mol. The standard InChI is InChI=1S/C17H16FN3O2S/c1-8-13(12-4-9(5-19)7-24-12)11(18)6-21-15(8)14(10-2-3-10)16(22)20-17(21)23/h4,6-7,10H,2-3,5,19H2,1H3,(H,20,22,23). The van der Waals surface area contributed by atoms with Gasteiger partial charge in [0.15, 0.2) is 0 Å². The lowest BCUT2D eigenvalue weighted by Gasteiger charge is -2.13. The Bertz CT molecular complexity index is 1080. The van der Waals surface area contributed by atoms with Gasteiger partial charge in [-0.1, -0.05) is 0 Å². The van der Waals surface area contributed by atoms with Crippen LogP contribution in [0.25, 0.3) is 16.0 Å². The first-order valence-corrected chi connectivity index (χ1v) is 8.64. The monoisotopic (exact) mass is 345 g/mol. The Hall–Kier alpha value is -2.25. The molecule has 0 radical (unpaired) electrons. The number of fused-ring (bicyclic) bond motifs is 1. The first-order valence-electron chi connectivity index (χ1n) is 7.76. The Labute approximate surface area is 140 Å². The van der Waals surface area contributed by atoms with Gasteiger partial charge < -0.3 is 5.73 Å². The Balaban J connectivity index is 2.11. The second kappa shape index (κ2) is 5.39. The summed E-state index contributed by atoms with van der Waals surface area (Å²) in [5.41, 5.74) is 7.77. The van der Waals surface area contributed by atoms with E-state index in [0.717, 1.165) is 23.3 Å². The summed E-state index contributed by atoms with van der Waals surface area (Å²) in [6.07, 6.45) is 3.00. The van der Waals surface area contributed by atoms with E-state index >= 15 is 0 Å². The molecule has 1 fully saturated rings. The molecule has 4 rings (SSSR count). The SMILES string of the molecule is Cc1c(-c2cc(CN)cs2)c(F)cn2c(=O)[nH]c(=O)c(C3CC3)c12. The third-order valence-corrected chi connectivity index (χ3v) is 5.51. The summed E-state index contributed by atoms with van der Waals surface area (Å²) in [6, 6.07) is 1.86. The van der Waals surface area contributed by atoms with Crippen molar-refractivity contribution in [3.8, 4) is 10.4 Å². The molecule has 3 N–H and O–H groups in total. The van der Waals surface area contributed by atoms with Gasteiger partial charge in [-0.15, -0.1) is 11.3 Å². The lowest BCUT2D eigenvalue weighted by atomic mass is 10.0. The molecule has 3 aromatic heterocycles. The van der Waals surface area contributed by atoms with Gasteiger partial charge in [-0.2, -0.15) is 0 Å². The number of hydrogen-bond acceptors (Lipinski definition) is 4. The smallest absolute Gasteiger partial charge is 0.326 e. The van der Waals surface area contributed by atoms with Crippen molar-refractivity contribution >= 4 is 16.9 Å². The molecule has 124 valence electrons. The second-order valence-corrected chi connectivity index (χ2v) is 7.08. The number of halogens is 1. The summed E-state index contributed by atoms with van der Waals surface area (Å²) < 4.78 is 16.0. The van der Waals surface area contributed by atoms with Crippen LogP contribution in [0.1, 0.15) is 35.4 Å². The van der Waals surface area contributed by atoms with Crippen LogP contribution in [0.3, 0.4) is 0 Å². The number of hydrogen-bond donors (Lipinski definition) is 2. The predicted molar refractivity (Wildman–Crippen MR) is 92.2 cm³/mol. The largest absolute Gasteiger partial charge is 0.333 e. The highest BCUT2D eigenvalue weighted by Crippen LogP contribution is 2.42. The molecule has 1 aliphatic carbocycles. The lowest BCUT2D eigenvalue weighted by Crippen LogP contribution is -2.29. The van der Waals surface area contributed by atoms with E-state index in [-0.39, 0.29) is 11.5 Å². The van der Waals surface area contributed by atoms with E-state index in [0.29, 0.717) is 28.8 Å². The van der Waals surface area contributed by atoms with Gasteiger partial charge in [-0.05, 0) is 48.3 Å². The van der Waals surface area contributed by atoms with Crippen molar-refractivity contribution in [1.82, 2.24) is 9.38 Å². The van der Waals surface area contributed by atoms with Gasteiger partial charge in [0.2, 0.25) is 0 Å². The maximum Gasteiger partial charge on any atom is 0.333 e. The van der Waals surface area contributed by atoms with E-state index in [2.05, 4.69) is 4.98 Å². The maximum absolute atomic E-state index is 14.7. The molecule has 0 aromatic carbocycles. The molecule has 3 aromatic rings. The fourth-order valence-corrected chi connectivity index (χ4v) is 4.24. The minimum Gasteiger partial charge on any atom is -0.326 e. The molecule has 7 heteroatoms. The van der Waals surface area contributed by atoms with E-state index < -0.39 is 11.5 Å². The molecule has 0 bridgehead atoms. The Kier molecular flexibility index (Phi) is 3.43. The number of aromatic amines is 1. The summed E-state index contributed by atoms with van der Waals surface area (Å²) in [5.74, 6) is -0.342. The van der Waals surface area contributed by atoms with Crippen LogP contribution in [-0.4, -0.2) is 9.38 Å². The fourth-order valence-electron chi connectivity index (χ4n) is 3.21. The summed E-state index contributed by atoms with van der Waals surface area (Å²) in [4.78, 5) is 27.5. The summed E-state index contributed by atoms with van der Waals surface area (Å²) >= 11 is 1.41. The Morgan fingerprint density at radius 3 is 2.79 bits per heavy atom. The van der Waals surface area contributed by atoms with Crippen LogP contribution in [0.5, 0.6) is 0 Å². The zero-order valence-corrected chi connectivity index (χ0v) is 13.9. The van der Waals surface area contributed by atoms with Crippen molar-refractivity contribution in [1.29, 1.82) is 0 Å². The van der Waals surface area contributed by atoms with Crippen LogP contribution in [0, 0.1) is 12.7 Å². The zero-order chi connectivity index (χ0) is 17.0. The van der Waals surface area contributed by atoms with E-state index in [1.54, 1.807) is 6.92 Å². The molecule has 0 spiro atoms. The van der Waals surface area contributed by atoms with Gasteiger partial charge in [0.05, 0.1) is 11.7 Å². The second-order valence-electron chi connectivity index (χ2n) is 6.17. The molecule has 0 amide bonds. The predicted octanol–water partition coefficient (Wildman–Crippen LogP) is 2.50. The van der Waals surface area contributed by atoms with E-state index in [9.17, 15) is 14.0 Å². The highest BCUT2D eigenvalue weighted by Gasteiger charge is 2.31. The first-order chi connectivity index (χ1) is 11.5. The molecule has 0 aliphatic heterocycles. The van der Waals surface area contributed by atoms with Crippen LogP contribution in [0.2, 0.25) is 0 Å². The van der Waals surface area contributed by atoms with Crippen LogP contribution in [0.4, 0.5) is 4.39 Å². The molecule has 0 saturated heterocycles. The molecule has 0 unspecified atom stereocenters. The number of H-pyrrole nitrogens is 1. The molecule has 1 saturated carbocycles. The summed E-state index contributed by atoms with van der Waals surface area (Å²) in [7, 11) is 0. The molecule has 1 aliphatic rings. The first kappa shape index (κ1) is 15.3. The molecule has 3 heterocycles. The van der Waals surface area contributed by atoms with E-state index in [4.69, 9.17) is 5.73 Å². The van der Waals surface area contributed by atoms with Gasteiger partial charge in [0.25, 0.3) is 5.56 Å². The highest BCUT2D eigenvalue weighted by atomic mass is 32.1. The Morgan fingerprint density at radius 1 is 1.42 bits per heavy atom. The van der Waals surface area contributed by atoms with Gasteiger partial charge in [0.1, 0.15) is 5.82 Å². The number of nitrogens with one attached hydrogen (secondary N) is 1. The minimum absolute atomic E-state index is 0.143. The van der Waals surface area contributed by atoms with Crippen molar-refractivity contribution in [2.24, 2.45) is 5.73 Å². The van der Waals surface area contributed by atoms with Crippen LogP contribution < -0.4 is 17.0 Å². The van der Waals surface area contributed by atoms with Gasteiger partial charge >= 0.3 is 5.69 Å². The average Bonchev–Trinajstić information content (AvgIpc) is 3.26. The minimum atomic E-state index is -0.609. The highest BCUT2D eigenvalue weighted by molar-refractivity contribution is 7.13.